The summed E-state index contributed by atoms with van der Waals surface area (Å²) < 4.78 is 28.0. The molecule has 0 radical (unpaired) electrons. The van der Waals surface area contributed by atoms with Crippen LogP contribution in [0.1, 0.15) is 115 Å². The molecule has 6 heteroatoms. The van der Waals surface area contributed by atoms with Gasteiger partial charge in [0.15, 0.2) is 0 Å². The van der Waals surface area contributed by atoms with E-state index in [2.05, 4.69) is 6.92 Å². The van der Waals surface area contributed by atoms with Crippen LogP contribution in [0, 0.1) is 0 Å². The minimum Gasteiger partial charge on any atom is -0.458 e. The van der Waals surface area contributed by atoms with E-state index in [9.17, 15) is 13.2 Å². The Morgan fingerprint density at radius 2 is 1.27 bits per heavy atom. The quantitative estimate of drug-likeness (QED) is 0.224. The minimum atomic E-state index is -3.71. The van der Waals surface area contributed by atoms with Crippen molar-refractivity contribution in [3.8, 4) is 0 Å². The number of unbranched alkanes of at least 4 members (excludes halogenated alkanes) is 12. The Kier molecular flexibility index (Phi) is 13.7. The lowest BCUT2D eigenvalue weighted by atomic mass is 10.0. The molecule has 0 spiro atoms. The highest BCUT2D eigenvalue weighted by molar-refractivity contribution is 7.89. The smallest absolute Gasteiger partial charge is 0.306 e. The average molecular weight is 440 g/mol. The van der Waals surface area contributed by atoms with Gasteiger partial charge in [-0.1, -0.05) is 96.1 Å². The van der Waals surface area contributed by atoms with Gasteiger partial charge in [-0.05, 0) is 31.0 Å². The molecule has 1 unspecified atom stereocenters. The molecule has 0 aliphatic carbocycles. The summed E-state index contributed by atoms with van der Waals surface area (Å²) in [4.78, 5) is 12.1. The zero-order chi connectivity index (χ0) is 22.2. The highest BCUT2D eigenvalue weighted by Crippen LogP contribution is 2.20. The van der Waals surface area contributed by atoms with Gasteiger partial charge in [-0.3, -0.25) is 4.79 Å². The maximum atomic E-state index is 12.0. The molecule has 172 valence electrons. The fraction of sp³-hybridized carbons (Fsp3) is 0.708. The van der Waals surface area contributed by atoms with E-state index in [0.29, 0.717) is 6.42 Å². The molecule has 30 heavy (non-hydrogen) atoms. The van der Waals surface area contributed by atoms with E-state index < -0.39 is 16.1 Å². The van der Waals surface area contributed by atoms with E-state index >= 15 is 0 Å². The summed E-state index contributed by atoms with van der Waals surface area (Å²) in [6.45, 7) is 4.04. The first-order chi connectivity index (χ1) is 14.3. The van der Waals surface area contributed by atoms with Crippen LogP contribution >= 0.6 is 0 Å². The molecule has 0 aliphatic rings. The number of benzene rings is 1. The number of nitrogens with two attached hydrogens (primary N) is 1. The normalized spacial score (nSPS) is 12.6. The topological polar surface area (TPSA) is 86.5 Å². The van der Waals surface area contributed by atoms with E-state index in [1.807, 2.05) is 0 Å². The first-order valence-corrected chi connectivity index (χ1v) is 13.2. The molecule has 0 fully saturated rings. The first-order valence-electron chi connectivity index (χ1n) is 11.7. The van der Waals surface area contributed by atoms with Crippen molar-refractivity contribution in [3.05, 3.63) is 29.8 Å². The fourth-order valence-corrected chi connectivity index (χ4v) is 4.06. The molecule has 0 bridgehead atoms. The number of hydrogen-bond acceptors (Lipinski definition) is 4. The number of carbonyl (C=O) groups excluding carboxylic acids is 1. The van der Waals surface area contributed by atoms with Crippen LogP contribution in [0.4, 0.5) is 0 Å². The van der Waals surface area contributed by atoms with Crippen LogP contribution in [-0.4, -0.2) is 14.4 Å². The van der Waals surface area contributed by atoms with Gasteiger partial charge >= 0.3 is 5.97 Å². The van der Waals surface area contributed by atoms with E-state index in [-0.39, 0.29) is 10.9 Å². The number of ether oxygens (including phenoxy) is 1. The molecule has 0 saturated heterocycles. The number of sulfonamides is 1. The van der Waals surface area contributed by atoms with Crippen LogP contribution in [0.2, 0.25) is 0 Å². The van der Waals surface area contributed by atoms with Crippen molar-refractivity contribution in [3.63, 3.8) is 0 Å². The highest BCUT2D eigenvalue weighted by Gasteiger charge is 2.13. The van der Waals surface area contributed by atoms with Gasteiger partial charge in [0.25, 0.3) is 0 Å². The predicted molar refractivity (Wildman–Crippen MR) is 123 cm³/mol. The summed E-state index contributed by atoms with van der Waals surface area (Å²) >= 11 is 0. The molecule has 5 nitrogen and oxygen atoms in total. The molecule has 0 saturated carbocycles. The predicted octanol–water partition coefficient (Wildman–Crippen LogP) is 6.42. The zero-order valence-electron chi connectivity index (χ0n) is 18.9. The highest BCUT2D eigenvalue weighted by atomic mass is 32.2. The van der Waals surface area contributed by atoms with Crippen molar-refractivity contribution in [1.29, 1.82) is 0 Å². The van der Waals surface area contributed by atoms with Crippen molar-refractivity contribution in [2.45, 2.75) is 115 Å². The fourth-order valence-electron chi connectivity index (χ4n) is 3.54. The lowest BCUT2D eigenvalue weighted by Crippen LogP contribution is -2.12. The summed E-state index contributed by atoms with van der Waals surface area (Å²) in [5.41, 5.74) is 0.751. The second-order valence-electron chi connectivity index (χ2n) is 8.24. The average Bonchev–Trinajstić information content (AvgIpc) is 2.71. The van der Waals surface area contributed by atoms with Gasteiger partial charge < -0.3 is 4.74 Å². The third-order valence-electron chi connectivity index (χ3n) is 5.47. The lowest BCUT2D eigenvalue weighted by molar-refractivity contribution is -0.148. The molecule has 0 heterocycles. The molecule has 1 aromatic rings. The zero-order valence-corrected chi connectivity index (χ0v) is 19.7. The van der Waals surface area contributed by atoms with Gasteiger partial charge in [0, 0.05) is 6.42 Å². The Morgan fingerprint density at radius 3 is 1.70 bits per heavy atom. The van der Waals surface area contributed by atoms with Crippen molar-refractivity contribution in [2.75, 3.05) is 0 Å². The van der Waals surface area contributed by atoms with E-state index in [1.165, 1.54) is 82.8 Å². The maximum Gasteiger partial charge on any atom is 0.306 e. The second-order valence-corrected chi connectivity index (χ2v) is 9.80. The van der Waals surface area contributed by atoms with Gasteiger partial charge in [-0.25, -0.2) is 13.6 Å². The van der Waals surface area contributed by atoms with E-state index in [0.717, 1.165) is 18.4 Å². The Labute approximate surface area is 183 Å². The Hall–Kier alpha value is -1.40. The molecule has 0 aliphatic heterocycles. The van der Waals surface area contributed by atoms with Crippen LogP contribution in [0.3, 0.4) is 0 Å². The van der Waals surface area contributed by atoms with Crippen molar-refractivity contribution in [2.24, 2.45) is 5.14 Å². The summed E-state index contributed by atoms with van der Waals surface area (Å²) in [6.07, 6.45) is 16.6. The Balaban J connectivity index is 2.04. The summed E-state index contributed by atoms with van der Waals surface area (Å²) in [5, 5.41) is 5.09. The molecular weight excluding hydrogens is 398 g/mol. The van der Waals surface area contributed by atoms with Gasteiger partial charge in [-0.2, -0.15) is 0 Å². The molecule has 1 rings (SSSR count). The summed E-state index contributed by atoms with van der Waals surface area (Å²) in [5.74, 6) is -0.207. The molecule has 2 N–H and O–H groups in total. The first kappa shape index (κ1) is 26.6. The molecular formula is C24H41NO4S. The van der Waals surface area contributed by atoms with Crippen LogP contribution in [0.5, 0.6) is 0 Å². The number of hydrogen-bond donors (Lipinski definition) is 1. The van der Waals surface area contributed by atoms with Gasteiger partial charge in [0.1, 0.15) is 6.10 Å². The van der Waals surface area contributed by atoms with Crippen LogP contribution < -0.4 is 5.14 Å². The number of carbonyl (C=O) groups is 1. The largest absolute Gasteiger partial charge is 0.458 e. The van der Waals surface area contributed by atoms with Crippen molar-refractivity contribution in [1.82, 2.24) is 0 Å². The SMILES string of the molecule is CCCCCCCCCCCCCCCC(=O)OC(C)c1ccc(S(N)(=O)=O)cc1. The number of esters is 1. The van der Waals surface area contributed by atoms with E-state index in [4.69, 9.17) is 9.88 Å². The number of primary sulfonamides is 1. The molecule has 0 amide bonds. The number of rotatable bonds is 17. The Bertz CT molecular complexity index is 686. The third kappa shape index (κ3) is 12.3. The van der Waals surface area contributed by atoms with Crippen LogP contribution in [0.25, 0.3) is 0 Å². The summed E-state index contributed by atoms with van der Waals surface area (Å²) in [7, 11) is -3.71. The van der Waals surface area contributed by atoms with Crippen molar-refractivity contribution < 1.29 is 17.9 Å². The second kappa shape index (κ2) is 15.4. The lowest BCUT2D eigenvalue weighted by Gasteiger charge is -2.14. The monoisotopic (exact) mass is 439 g/mol. The molecule has 0 aromatic heterocycles. The van der Waals surface area contributed by atoms with Gasteiger partial charge in [0.2, 0.25) is 10.0 Å². The van der Waals surface area contributed by atoms with Gasteiger partial charge in [0.05, 0.1) is 4.90 Å². The molecule has 1 aromatic carbocycles. The van der Waals surface area contributed by atoms with Crippen molar-refractivity contribution >= 4 is 16.0 Å². The van der Waals surface area contributed by atoms with Crippen LogP contribution in [-0.2, 0) is 19.6 Å². The van der Waals surface area contributed by atoms with Crippen LogP contribution in [0.15, 0.2) is 29.2 Å². The minimum absolute atomic E-state index is 0.0525. The third-order valence-corrected chi connectivity index (χ3v) is 6.40. The Morgan fingerprint density at radius 1 is 0.833 bits per heavy atom. The maximum absolute atomic E-state index is 12.0. The van der Waals surface area contributed by atoms with E-state index in [1.54, 1.807) is 19.1 Å². The molecule has 1 atom stereocenters. The standard InChI is InChI=1S/C24H41NO4S/c1-3-4-5-6-7-8-9-10-11-12-13-14-15-16-24(26)29-21(2)22-17-19-23(20-18-22)30(25,27)28/h17-21H,3-16H2,1-2H3,(H2,25,27,28). The van der Waals surface area contributed by atoms with Gasteiger partial charge in [-0.15, -0.1) is 0 Å². The summed E-state index contributed by atoms with van der Waals surface area (Å²) in [6, 6.07) is 6.12.